The summed E-state index contributed by atoms with van der Waals surface area (Å²) in [6.07, 6.45) is 3.55. The molecule has 160 valence electrons. The number of hydrogen-bond donors (Lipinski definition) is 1. The molecule has 4 aromatic rings. The maximum absolute atomic E-state index is 12.1. The lowest BCUT2D eigenvalue weighted by molar-refractivity contribution is 0.258. The maximum atomic E-state index is 12.1. The summed E-state index contributed by atoms with van der Waals surface area (Å²) in [4.78, 5) is 16.3. The molecule has 9 heteroatoms. The molecule has 0 aliphatic carbocycles. The number of nitrogens with one attached hydrogen (secondary N) is 1. The zero-order chi connectivity index (χ0) is 22.2. The Labute approximate surface area is 184 Å². The number of benzene rings is 2. The van der Waals surface area contributed by atoms with Crippen molar-refractivity contribution in [3.05, 3.63) is 96.1 Å². The molecule has 2 amide bonds. The Bertz CT molecular complexity index is 1200. The Kier molecular flexibility index (Phi) is 6.57. The highest BCUT2D eigenvalue weighted by atomic mass is 16.5. The highest BCUT2D eigenvalue weighted by Crippen LogP contribution is 2.19. The number of rotatable bonds is 7. The van der Waals surface area contributed by atoms with Crippen LogP contribution in [0.5, 0.6) is 5.75 Å². The third kappa shape index (κ3) is 6.05. The molecule has 0 radical (unpaired) electrons. The van der Waals surface area contributed by atoms with E-state index in [1.54, 1.807) is 47.3 Å². The molecule has 0 unspecified atom stereocenters. The van der Waals surface area contributed by atoms with Crippen LogP contribution in [0.2, 0.25) is 0 Å². The lowest BCUT2D eigenvalue weighted by Crippen LogP contribution is -2.05. The van der Waals surface area contributed by atoms with Gasteiger partial charge in [0, 0.05) is 18.0 Å². The van der Waals surface area contributed by atoms with Crippen molar-refractivity contribution in [3.63, 3.8) is 0 Å². The average molecular weight is 427 g/mol. The van der Waals surface area contributed by atoms with E-state index >= 15 is 0 Å². The van der Waals surface area contributed by atoms with Crippen LogP contribution in [0.1, 0.15) is 17.0 Å². The Balaban J connectivity index is 1.30. The van der Waals surface area contributed by atoms with E-state index in [0.29, 0.717) is 29.4 Å². The van der Waals surface area contributed by atoms with Gasteiger partial charge in [-0.25, -0.2) is 9.48 Å². The summed E-state index contributed by atoms with van der Waals surface area (Å²) in [5.41, 5.74) is 3.85. The molecule has 32 heavy (non-hydrogen) atoms. The van der Waals surface area contributed by atoms with Crippen molar-refractivity contribution >= 4 is 17.4 Å². The summed E-state index contributed by atoms with van der Waals surface area (Å²) in [5.74, 6) is 0.581. The third-order valence-electron chi connectivity index (χ3n) is 4.40. The van der Waals surface area contributed by atoms with Gasteiger partial charge in [0.15, 0.2) is 0 Å². The molecule has 2 aromatic carbocycles. The Morgan fingerprint density at radius 3 is 2.75 bits per heavy atom. The van der Waals surface area contributed by atoms with Gasteiger partial charge in [0.1, 0.15) is 18.1 Å². The number of ether oxygens (including phenoxy) is 1. The number of pyridine rings is 1. The summed E-state index contributed by atoms with van der Waals surface area (Å²) < 4.78 is 7.49. The van der Waals surface area contributed by atoms with E-state index in [4.69, 9.17) is 4.74 Å². The maximum Gasteiger partial charge on any atom is 0.364 e. The van der Waals surface area contributed by atoms with Crippen molar-refractivity contribution in [2.75, 3.05) is 5.32 Å². The van der Waals surface area contributed by atoms with Crippen molar-refractivity contribution in [2.24, 2.45) is 10.2 Å². The molecule has 1 N–H and O–H groups in total. The van der Waals surface area contributed by atoms with Crippen LogP contribution in [-0.2, 0) is 13.2 Å². The van der Waals surface area contributed by atoms with Gasteiger partial charge in [-0.1, -0.05) is 40.2 Å². The van der Waals surface area contributed by atoms with E-state index in [9.17, 15) is 4.79 Å². The molecule has 2 heterocycles. The number of urea groups is 1. The highest BCUT2D eigenvalue weighted by Gasteiger charge is 2.06. The van der Waals surface area contributed by atoms with Crippen LogP contribution in [0.4, 0.5) is 16.2 Å². The molecule has 4 rings (SSSR count). The normalized spacial score (nSPS) is 10.9. The smallest absolute Gasteiger partial charge is 0.364 e. The van der Waals surface area contributed by atoms with Gasteiger partial charge in [-0.15, -0.1) is 10.2 Å². The second-order valence-corrected chi connectivity index (χ2v) is 7.01. The molecule has 0 bridgehead atoms. The molecular formula is C23H21N7O2. The van der Waals surface area contributed by atoms with E-state index in [0.717, 1.165) is 11.3 Å². The number of carbonyl (C=O) groups is 1. The molecule has 0 spiro atoms. The van der Waals surface area contributed by atoms with Crippen molar-refractivity contribution in [3.8, 4) is 5.75 Å². The fraction of sp³-hybridized carbons (Fsp3) is 0.130. The lowest BCUT2D eigenvalue weighted by Gasteiger charge is -2.06. The third-order valence-corrected chi connectivity index (χ3v) is 4.40. The summed E-state index contributed by atoms with van der Waals surface area (Å²) >= 11 is 0. The summed E-state index contributed by atoms with van der Waals surface area (Å²) in [7, 11) is 0. The van der Waals surface area contributed by atoms with Crippen molar-refractivity contribution < 1.29 is 9.53 Å². The van der Waals surface area contributed by atoms with Gasteiger partial charge in [-0.3, -0.25) is 4.98 Å². The van der Waals surface area contributed by atoms with E-state index in [1.165, 1.54) is 0 Å². The van der Waals surface area contributed by atoms with Crippen molar-refractivity contribution in [2.45, 2.75) is 20.1 Å². The van der Waals surface area contributed by atoms with Crippen LogP contribution in [0, 0.1) is 6.92 Å². The zero-order valence-corrected chi connectivity index (χ0v) is 17.4. The SMILES string of the molecule is Cc1ccc(N=NC(=O)Nc2cccc(OCc3cn(Cc4ccccn4)nn3)c2)cc1. The van der Waals surface area contributed by atoms with Crippen LogP contribution in [0.25, 0.3) is 0 Å². The van der Waals surface area contributed by atoms with E-state index in [2.05, 4.69) is 30.8 Å². The minimum absolute atomic E-state index is 0.243. The van der Waals surface area contributed by atoms with Gasteiger partial charge in [-0.2, -0.15) is 0 Å². The molecule has 0 saturated carbocycles. The number of aryl methyl sites for hydroxylation is 1. The summed E-state index contributed by atoms with van der Waals surface area (Å²) in [6.45, 7) is 2.76. The quantitative estimate of drug-likeness (QED) is 0.421. The fourth-order valence-corrected chi connectivity index (χ4v) is 2.82. The van der Waals surface area contributed by atoms with Crippen LogP contribution in [0.15, 0.2) is 89.4 Å². The second kappa shape index (κ2) is 10.1. The number of azo groups is 1. The van der Waals surface area contributed by atoms with Gasteiger partial charge >= 0.3 is 6.03 Å². The average Bonchev–Trinajstić information content (AvgIpc) is 3.25. The van der Waals surface area contributed by atoms with Crippen molar-refractivity contribution in [1.82, 2.24) is 20.0 Å². The molecule has 0 saturated heterocycles. The van der Waals surface area contributed by atoms with Crippen LogP contribution < -0.4 is 10.1 Å². The summed E-state index contributed by atoms with van der Waals surface area (Å²) in [6, 6.07) is 19.6. The molecule has 0 aliphatic rings. The molecular weight excluding hydrogens is 406 g/mol. The minimum Gasteiger partial charge on any atom is -0.487 e. The molecule has 2 aromatic heterocycles. The largest absolute Gasteiger partial charge is 0.487 e. The molecule has 9 nitrogen and oxygen atoms in total. The Hall–Kier alpha value is -4.40. The molecule has 0 atom stereocenters. The number of hydrogen-bond acceptors (Lipinski definition) is 6. The number of anilines is 1. The monoisotopic (exact) mass is 427 g/mol. The highest BCUT2D eigenvalue weighted by molar-refractivity contribution is 5.89. The van der Waals surface area contributed by atoms with Crippen LogP contribution >= 0.6 is 0 Å². The number of aromatic nitrogens is 4. The Morgan fingerprint density at radius 1 is 1.06 bits per heavy atom. The first kappa shape index (κ1) is 20.9. The van der Waals surface area contributed by atoms with E-state index in [-0.39, 0.29) is 6.61 Å². The van der Waals surface area contributed by atoms with Crippen LogP contribution in [-0.4, -0.2) is 26.0 Å². The number of carbonyl (C=O) groups excluding carboxylic acids is 1. The van der Waals surface area contributed by atoms with Gasteiger partial charge in [0.25, 0.3) is 0 Å². The number of amides is 2. The zero-order valence-electron chi connectivity index (χ0n) is 17.4. The first-order valence-corrected chi connectivity index (χ1v) is 9.95. The first-order chi connectivity index (χ1) is 15.6. The van der Waals surface area contributed by atoms with E-state index in [1.807, 2.05) is 43.5 Å². The second-order valence-electron chi connectivity index (χ2n) is 7.01. The minimum atomic E-state index is -0.569. The standard InChI is InChI=1S/C23H21N7O2/c1-17-8-10-18(11-9-17)26-28-23(31)25-19-6-4-7-22(13-19)32-16-21-15-30(29-27-21)14-20-5-2-3-12-24-20/h2-13,15H,14,16H2,1H3,(H,25,31). The van der Waals surface area contributed by atoms with Gasteiger partial charge in [-0.05, 0) is 43.3 Å². The van der Waals surface area contributed by atoms with Gasteiger partial charge in [0.05, 0.1) is 24.1 Å². The molecule has 0 fully saturated rings. The van der Waals surface area contributed by atoms with Crippen LogP contribution in [0.3, 0.4) is 0 Å². The Morgan fingerprint density at radius 2 is 1.94 bits per heavy atom. The predicted molar refractivity (Wildman–Crippen MR) is 119 cm³/mol. The van der Waals surface area contributed by atoms with Crippen molar-refractivity contribution in [1.29, 1.82) is 0 Å². The molecule has 0 aliphatic heterocycles. The topological polar surface area (TPSA) is 107 Å². The lowest BCUT2D eigenvalue weighted by atomic mass is 10.2. The van der Waals surface area contributed by atoms with E-state index < -0.39 is 6.03 Å². The van der Waals surface area contributed by atoms with Gasteiger partial charge < -0.3 is 10.1 Å². The summed E-state index contributed by atoms with van der Waals surface area (Å²) in [5, 5.41) is 18.5. The number of nitrogens with zero attached hydrogens (tertiary/aromatic N) is 6. The predicted octanol–water partition coefficient (Wildman–Crippen LogP) is 4.92. The fourth-order valence-electron chi connectivity index (χ4n) is 2.82. The van der Waals surface area contributed by atoms with Gasteiger partial charge in [0.2, 0.25) is 0 Å². The first-order valence-electron chi connectivity index (χ1n) is 9.95.